The van der Waals surface area contributed by atoms with Crippen LogP contribution in [0.15, 0.2) is 0 Å². The number of esters is 3. The van der Waals surface area contributed by atoms with Crippen molar-refractivity contribution in [2.45, 2.75) is 78.3 Å². The van der Waals surface area contributed by atoms with E-state index in [1.165, 1.54) is 20.8 Å². The Morgan fingerprint density at radius 1 is 0.875 bits per heavy atom. The van der Waals surface area contributed by atoms with Crippen molar-refractivity contribution in [2.75, 3.05) is 6.61 Å². The van der Waals surface area contributed by atoms with Crippen LogP contribution in [0.3, 0.4) is 0 Å². The van der Waals surface area contributed by atoms with Gasteiger partial charge in [0.2, 0.25) is 0 Å². The highest BCUT2D eigenvalue weighted by atomic mass is 16.6. The minimum atomic E-state index is -0.681. The molecule has 0 spiro atoms. The molecule has 1 fully saturated rings. The molecular weight excluding hydrogens is 316 g/mol. The van der Waals surface area contributed by atoms with Crippen LogP contribution in [0.25, 0.3) is 0 Å². The number of hydrogen-bond donors (Lipinski definition) is 0. The zero-order chi connectivity index (χ0) is 18.5. The third-order valence-corrected chi connectivity index (χ3v) is 3.51. The van der Waals surface area contributed by atoms with Crippen LogP contribution in [0.4, 0.5) is 0 Å². The predicted octanol–water partition coefficient (Wildman–Crippen LogP) is 2.01. The average molecular weight is 344 g/mol. The van der Waals surface area contributed by atoms with Crippen LogP contribution in [0.1, 0.15) is 54.4 Å². The van der Waals surface area contributed by atoms with Crippen molar-refractivity contribution in [3.8, 4) is 0 Å². The monoisotopic (exact) mass is 344 g/mol. The van der Waals surface area contributed by atoms with E-state index < -0.39 is 35.9 Å². The molecule has 24 heavy (non-hydrogen) atoms. The lowest BCUT2D eigenvalue weighted by atomic mass is 9.83. The van der Waals surface area contributed by atoms with Crippen LogP contribution in [0, 0.1) is 5.92 Å². The Hall–Kier alpha value is -1.63. The normalized spacial score (nSPS) is 27.2. The molecule has 0 aromatic heterocycles. The lowest BCUT2D eigenvalue weighted by Gasteiger charge is -2.42. The Bertz CT molecular complexity index is 466. The van der Waals surface area contributed by atoms with Crippen molar-refractivity contribution < 1.29 is 33.3 Å². The van der Waals surface area contributed by atoms with Gasteiger partial charge in [-0.1, -0.05) is 0 Å². The summed E-state index contributed by atoms with van der Waals surface area (Å²) in [6.07, 6.45) is -0.783. The quantitative estimate of drug-likeness (QED) is 0.557. The van der Waals surface area contributed by atoms with Crippen molar-refractivity contribution >= 4 is 17.9 Å². The summed E-state index contributed by atoms with van der Waals surface area (Å²) < 4.78 is 21.9. The van der Waals surface area contributed by atoms with Gasteiger partial charge in [-0.2, -0.15) is 0 Å². The highest BCUT2D eigenvalue weighted by Gasteiger charge is 2.44. The number of carbonyl (C=O) groups excluding carboxylic acids is 3. The first-order chi connectivity index (χ1) is 11.0. The van der Waals surface area contributed by atoms with Gasteiger partial charge in [0, 0.05) is 20.8 Å². The van der Waals surface area contributed by atoms with Crippen LogP contribution >= 0.6 is 0 Å². The van der Waals surface area contributed by atoms with Gasteiger partial charge < -0.3 is 18.9 Å². The molecule has 1 rings (SSSR count). The van der Waals surface area contributed by atoms with Crippen molar-refractivity contribution in [3.05, 3.63) is 0 Å². The molecular formula is C17H28O7. The summed E-state index contributed by atoms with van der Waals surface area (Å²) in [7, 11) is 0. The van der Waals surface area contributed by atoms with Crippen LogP contribution in [0.2, 0.25) is 0 Å². The van der Waals surface area contributed by atoms with Gasteiger partial charge in [-0.25, -0.2) is 0 Å². The molecule has 0 bridgehead atoms. The number of ether oxygens (including phenoxy) is 4. The fraction of sp³-hybridized carbons (Fsp3) is 0.824. The molecule has 0 amide bonds. The van der Waals surface area contributed by atoms with E-state index in [0.29, 0.717) is 12.8 Å². The van der Waals surface area contributed by atoms with E-state index in [0.717, 1.165) is 0 Å². The van der Waals surface area contributed by atoms with Gasteiger partial charge in [0.1, 0.15) is 6.10 Å². The summed E-state index contributed by atoms with van der Waals surface area (Å²) in [6, 6.07) is 0. The fourth-order valence-corrected chi connectivity index (χ4v) is 2.87. The molecule has 1 aliphatic carbocycles. The van der Waals surface area contributed by atoms with E-state index in [9.17, 15) is 14.4 Å². The molecule has 4 atom stereocenters. The summed E-state index contributed by atoms with van der Waals surface area (Å²) in [4.78, 5) is 33.9. The smallest absolute Gasteiger partial charge is 0.303 e. The Balaban J connectivity index is 2.97. The van der Waals surface area contributed by atoms with Crippen LogP contribution in [-0.4, -0.2) is 48.4 Å². The molecule has 1 saturated carbocycles. The Kier molecular flexibility index (Phi) is 7.20. The number of carbonyl (C=O) groups is 3. The predicted molar refractivity (Wildman–Crippen MR) is 85.1 cm³/mol. The maximum Gasteiger partial charge on any atom is 0.303 e. The molecule has 1 aliphatic rings. The van der Waals surface area contributed by atoms with E-state index in [1.807, 2.05) is 20.8 Å². The molecule has 138 valence electrons. The van der Waals surface area contributed by atoms with Gasteiger partial charge in [-0.3, -0.25) is 14.4 Å². The molecule has 0 heterocycles. The zero-order valence-electron chi connectivity index (χ0n) is 15.3. The van der Waals surface area contributed by atoms with Gasteiger partial charge in [0.25, 0.3) is 0 Å². The lowest BCUT2D eigenvalue weighted by Crippen LogP contribution is -2.52. The van der Waals surface area contributed by atoms with E-state index in [4.69, 9.17) is 18.9 Å². The molecule has 0 aromatic carbocycles. The zero-order valence-corrected chi connectivity index (χ0v) is 15.3. The van der Waals surface area contributed by atoms with E-state index in [-0.39, 0.29) is 18.5 Å². The molecule has 7 nitrogen and oxygen atoms in total. The largest absolute Gasteiger partial charge is 0.466 e. The van der Waals surface area contributed by atoms with Crippen molar-refractivity contribution in [1.82, 2.24) is 0 Å². The Morgan fingerprint density at radius 2 is 1.42 bits per heavy atom. The minimum Gasteiger partial charge on any atom is -0.466 e. The molecule has 0 N–H and O–H groups in total. The Labute approximate surface area is 143 Å². The van der Waals surface area contributed by atoms with Crippen LogP contribution < -0.4 is 0 Å². The summed E-state index contributed by atoms with van der Waals surface area (Å²) in [6.45, 7) is 9.86. The summed E-state index contributed by atoms with van der Waals surface area (Å²) in [5.74, 6) is -1.33. The first kappa shape index (κ1) is 20.4. The maximum absolute atomic E-state index is 11.5. The summed E-state index contributed by atoms with van der Waals surface area (Å²) >= 11 is 0. The highest BCUT2D eigenvalue weighted by Crippen LogP contribution is 2.33. The van der Waals surface area contributed by atoms with E-state index in [1.54, 1.807) is 0 Å². The second kappa shape index (κ2) is 8.46. The van der Waals surface area contributed by atoms with Crippen LogP contribution in [0.5, 0.6) is 0 Å². The molecule has 0 radical (unpaired) electrons. The number of hydrogen-bond acceptors (Lipinski definition) is 7. The molecule has 0 aromatic rings. The second-order valence-electron chi connectivity index (χ2n) is 7.13. The van der Waals surface area contributed by atoms with Gasteiger partial charge in [-0.15, -0.1) is 0 Å². The summed E-state index contributed by atoms with van der Waals surface area (Å²) in [5.41, 5.74) is -0.465. The second-order valence-corrected chi connectivity index (χ2v) is 7.13. The van der Waals surface area contributed by atoms with Gasteiger partial charge in [-0.05, 0) is 39.5 Å². The highest BCUT2D eigenvalue weighted by molar-refractivity contribution is 5.67. The molecule has 0 unspecified atom stereocenters. The first-order valence-corrected chi connectivity index (χ1v) is 8.13. The van der Waals surface area contributed by atoms with Gasteiger partial charge in [0.05, 0.1) is 18.3 Å². The third kappa shape index (κ3) is 7.29. The van der Waals surface area contributed by atoms with Crippen molar-refractivity contribution in [1.29, 1.82) is 0 Å². The SMILES string of the molecule is CC(=O)OC[C@@H]1C[C@@H](OC(C)=O)[C@@H](OC(C)=O)[C@H](OC(C)(C)C)C1. The minimum absolute atomic E-state index is 0.0441. The summed E-state index contributed by atoms with van der Waals surface area (Å²) in [5, 5.41) is 0. The third-order valence-electron chi connectivity index (χ3n) is 3.51. The van der Waals surface area contributed by atoms with Gasteiger partial charge >= 0.3 is 17.9 Å². The average Bonchev–Trinajstić information content (AvgIpc) is 2.37. The van der Waals surface area contributed by atoms with E-state index >= 15 is 0 Å². The standard InChI is InChI=1S/C17H28O7/c1-10(18)21-9-13-7-14(22-11(2)19)16(23-12(3)20)15(8-13)24-17(4,5)6/h13-16H,7-9H2,1-6H3/t13-,14-,15-,16-/m1/s1. The molecule has 0 saturated heterocycles. The van der Waals surface area contributed by atoms with E-state index in [2.05, 4.69) is 0 Å². The molecule has 0 aliphatic heterocycles. The number of rotatable bonds is 5. The first-order valence-electron chi connectivity index (χ1n) is 8.13. The maximum atomic E-state index is 11.5. The van der Waals surface area contributed by atoms with Crippen LogP contribution in [-0.2, 0) is 33.3 Å². The Morgan fingerprint density at radius 3 is 1.88 bits per heavy atom. The van der Waals surface area contributed by atoms with Gasteiger partial charge in [0.15, 0.2) is 6.10 Å². The lowest BCUT2D eigenvalue weighted by molar-refractivity contribution is -0.205. The molecule has 7 heteroatoms. The van der Waals surface area contributed by atoms with Crippen molar-refractivity contribution in [2.24, 2.45) is 5.92 Å². The van der Waals surface area contributed by atoms with Crippen molar-refractivity contribution in [3.63, 3.8) is 0 Å². The fourth-order valence-electron chi connectivity index (χ4n) is 2.87. The topological polar surface area (TPSA) is 88.1 Å².